The number of hydrogen-bond acceptors (Lipinski definition) is 5. The number of amides is 1. The number of nitrogens with zero attached hydrogens (tertiary/aromatic N) is 3. The third-order valence-electron chi connectivity index (χ3n) is 3.49. The van der Waals surface area contributed by atoms with Crippen molar-refractivity contribution >= 4 is 17.6 Å². The number of rotatable bonds is 6. The van der Waals surface area contributed by atoms with E-state index in [1.54, 1.807) is 18.5 Å². The number of ether oxygens (including phenoxy) is 1. The van der Waals surface area contributed by atoms with Crippen LogP contribution in [0.1, 0.15) is 34.6 Å². The summed E-state index contributed by atoms with van der Waals surface area (Å²) in [5, 5.41) is 10.3. The van der Waals surface area contributed by atoms with Gasteiger partial charge in [-0.1, -0.05) is 13.8 Å². The second-order valence-electron chi connectivity index (χ2n) is 7.28. The first-order chi connectivity index (χ1) is 11.7. The van der Waals surface area contributed by atoms with Gasteiger partial charge in [0.15, 0.2) is 0 Å². The normalized spacial score (nSPS) is 12.7. The van der Waals surface area contributed by atoms with Gasteiger partial charge in [0.2, 0.25) is 0 Å². The van der Waals surface area contributed by atoms with Crippen LogP contribution in [-0.2, 0) is 11.3 Å². The van der Waals surface area contributed by atoms with Crippen molar-refractivity contribution in [3.05, 3.63) is 36.8 Å². The minimum Gasteiger partial charge on any atom is -0.444 e. The molecule has 0 spiro atoms. The summed E-state index contributed by atoms with van der Waals surface area (Å²) in [6, 6.07) is 5.76. The molecule has 7 nitrogen and oxygen atoms in total. The first-order valence-electron chi connectivity index (χ1n) is 8.43. The minimum absolute atomic E-state index is 0.214. The standard InChI is InChI=1S/C18H27N5O2/c1-13(2)15(12-23-10-6-9-20-23)21-14-7-8-16(19-11-14)22-17(24)25-18(3,4)5/h6-11,13,15,21H,12H2,1-5H3,(H,19,22,24). The molecule has 0 aliphatic rings. The molecule has 2 heterocycles. The van der Waals surface area contributed by atoms with Crippen molar-refractivity contribution in [1.29, 1.82) is 0 Å². The second-order valence-corrected chi connectivity index (χ2v) is 7.28. The quantitative estimate of drug-likeness (QED) is 0.833. The Hall–Kier alpha value is -2.57. The fraction of sp³-hybridized carbons (Fsp3) is 0.500. The number of carbonyl (C=O) groups is 1. The Morgan fingerprint density at radius 1 is 1.32 bits per heavy atom. The molecule has 0 bridgehead atoms. The molecule has 7 heteroatoms. The number of hydrogen-bond donors (Lipinski definition) is 2. The molecule has 2 aromatic rings. The van der Waals surface area contributed by atoms with Gasteiger partial charge in [-0.2, -0.15) is 5.10 Å². The number of carbonyl (C=O) groups excluding carboxylic acids is 1. The van der Waals surface area contributed by atoms with E-state index in [1.807, 2.05) is 43.8 Å². The Labute approximate surface area is 148 Å². The summed E-state index contributed by atoms with van der Waals surface area (Å²) in [5.41, 5.74) is 0.350. The van der Waals surface area contributed by atoms with Crippen molar-refractivity contribution < 1.29 is 9.53 Å². The summed E-state index contributed by atoms with van der Waals surface area (Å²) in [7, 11) is 0. The third-order valence-corrected chi connectivity index (χ3v) is 3.49. The number of pyridine rings is 1. The maximum Gasteiger partial charge on any atom is 0.413 e. The van der Waals surface area contributed by atoms with Crippen molar-refractivity contribution in [2.75, 3.05) is 10.6 Å². The minimum atomic E-state index is -0.539. The lowest BCUT2D eigenvalue weighted by Crippen LogP contribution is -2.31. The Morgan fingerprint density at radius 3 is 2.60 bits per heavy atom. The van der Waals surface area contributed by atoms with Crippen LogP contribution in [0.4, 0.5) is 16.3 Å². The average Bonchev–Trinajstić information content (AvgIpc) is 2.99. The predicted octanol–water partition coefficient (Wildman–Crippen LogP) is 3.76. The van der Waals surface area contributed by atoms with Crippen LogP contribution in [0.25, 0.3) is 0 Å². The van der Waals surface area contributed by atoms with Gasteiger partial charge < -0.3 is 10.1 Å². The summed E-state index contributed by atoms with van der Waals surface area (Å²) in [4.78, 5) is 16.0. The molecule has 136 valence electrons. The van der Waals surface area contributed by atoms with Crippen molar-refractivity contribution in [1.82, 2.24) is 14.8 Å². The van der Waals surface area contributed by atoms with Crippen LogP contribution >= 0.6 is 0 Å². The van der Waals surface area contributed by atoms with Crippen LogP contribution in [0.15, 0.2) is 36.8 Å². The fourth-order valence-electron chi connectivity index (χ4n) is 2.21. The highest BCUT2D eigenvalue weighted by atomic mass is 16.6. The van der Waals surface area contributed by atoms with Crippen molar-refractivity contribution in [3.63, 3.8) is 0 Å². The van der Waals surface area contributed by atoms with Crippen molar-refractivity contribution in [3.8, 4) is 0 Å². The lowest BCUT2D eigenvalue weighted by molar-refractivity contribution is 0.0635. The molecule has 0 fully saturated rings. The maximum absolute atomic E-state index is 11.8. The van der Waals surface area contributed by atoms with Gasteiger partial charge in [0.05, 0.1) is 18.4 Å². The van der Waals surface area contributed by atoms with E-state index in [9.17, 15) is 4.79 Å². The summed E-state index contributed by atoms with van der Waals surface area (Å²) >= 11 is 0. The Morgan fingerprint density at radius 2 is 2.08 bits per heavy atom. The van der Waals surface area contributed by atoms with Crippen LogP contribution in [0.5, 0.6) is 0 Å². The molecule has 1 unspecified atom stereocenters. The van der Waals surface area contributed by atoms with E-state index in [-0.39, 0.29) is 6.04 Å². The van der Waals surface area contributed by atoms with E-state index >= 15 is 0 Å². The highest BCUT2D eigenvalue weighted by Gasteiger charge is 2.17. The number of aromatic nitrogens is 3. The molecule has 1 amide bonds. The van der Waals surface area contributed by atoms with Gasteiger partial charge in [-0.3, -0.25) is 10.00 Å². The zero-order valence-corrected chi connectivity index (χ0v) is 15.5. The molecule has 25 heavy (non-hydrogen) atoms. The molecule has 2 aromatic heterocycles. The van der Waals surface area contributed by atoms with Crippen LogP contribution in [0.2, 0.25) is 0 Å². The van der Waals surface area contributed by atoms with Gasteiger partial charge in [0, 0.05) is 18.4 Å². The first-order valence-corrected chi connectivity index (χ1v) is 8.43. The summed E-state index contributed by atoms with van der Waals surface area (Å²) in [5.74, 6) is 0.872. The van der Waals surface area contributed by atoms with Gasteiger partial charge in [0.1, 0.15) is 11.4 Å². The molecule has 0 saturated carbocycles. The molecular formula is C18H27N5O2. The molecule has 0 saturated heterocycles. The zero-order valence-electron chi connectivity index (χ0n) is 15.5. The predicted molar refractivity (Wildman–Crippen MR) is 98.6 cm³/mol. The summed E-state index contributed by atoms with van der Waals surface area (Å²) < 4.78 is 7.12. The van der Waals surface area contributed by atoms with E-state index in [1.165, 1.54) is 0 Å². The lowest BCUT2D eigenvalue weighted by atomic mass is 10.0. The highest BCUT2D eigenvalue weighted by Crippen LogP contribution is 2.16. The number of anilines is 2. The maximum atomic E-state index is 11.8. The molecule has 1 atom stereocenters. The lowest BCUT2D eigenvalue weighted by Gasteiger charge is -2.23. The molecule has 2 rings (SSSR count). The first kappa shape index (κ1) is 18.8. The van der Waals surface area contributed by atoms with Gasteiger partial charge in [-0.05, 0) is 44.9 Å². The fourth-order valence-corrected chi connectivity index (χ4v) is 2.21. The third kappa shape index (κ3) is 6.45. The largest absolute Gasteiger partial charge is 0.444 e. The zero-order chi connectivity index (χ0) is 18.4. The molecule has 0 aliphatic heterocycles. The summed E-state index contributed by atoms with van der Waals surface area (Å²) in [6.07, 6.45) is 4.91. The molecule has 0 aliphatic carbocycles. The van der Waals surface area contributed by atoms with Gasteiger partial charge in [-0.25, -0.2) is 9.78 Å². The van der Waals surface area contributed by atoms with E-state index in [2.05, 4.69) is 34.6 Å². The van der Waals surface area contributed by atoms with E-state index < -0.39 is 11.7 Å². The highest BCUT2D eigenvalue weighted by molar-refractivity contribution is 5.83. The Balaban J connectivity index is 1.95. The average molecular weight is 345 g/mol. The molecule has 2 N–H and O–H groups in total. The van der Waals surface area contributed by atoms with E-state index in [0.717, 1.165) is 12.2 Å². The monoisotopic (exact) mass is 345 g/mol. The van der Waals surface area contributed by atoms with Gasteiger partial charge in [0.25, 0.3) is 0 Å². The van der Waals surface area contributed by atoms with Gasteiger partial charge in [-0.15, -0.1) is 0 Å². The Bertz CT molecular complexity index is 660. The SMILES string of the molecule is CC(C)C(Cn1cccn1)Nc1ccc(NC(=O)OC(C)(C)C)nc1. The summed E-state index contributed by atoms with van der Waals surface area (Å²) in [6.45, 7) is 10.5. The van der Waals surface area contributed by atoms with Crippen LogP contribution < -0.4 is 10.6 Å². The molecule has 0 radical (unpaired) electrons. The smallest absolute Gasteiger partial charge is 0.413 e. The second kappa shape index (κ2) is 8.00. The van der Waals surface area contributed by atoms with Crippen LogP contribution in [0.3, 0.4) is 0 Å². The van der Waals surface area contributed by atoms with E-state index in [4.69, 9.17) is 4.74 Å². The van der Waals surface area contributed by atoms with Crippen molar-refractivity contribution in [2.24, 2.45) is 5.92 Å². The van der Waals surface area contributed by atoms with Crippen molar-refractivity contribution in [2.45, 2.75) is 52.8 Å². The topological polar surface area (TPSA) is 81.1 Å². The molecular weight excluding hydrogens is 318 g/mol. The number of nitrogens with one attached hydrogen (secondary N) is 2. The Kier molecular flexibility index (Phi) is 6.01. The van der Waals surface area contributed by atoms with Crippen LogP contribution in [0, 0.1) is 5.92 Å². The van der Waals surface area contributed by atoms with E-state index in [0.29, 0.717) is 11.7 Å². The van der Waals surface area contributed by atoms with Crippen LogP contribution in [-0.4, -0.2) is 32.5 Å². The molecule has 0 aromatic carbocycles. The van der Waals surface area contributed by atoms with Gasteiger partial charge >= 0.3 is 6.09 Å².